The van der Waals surface area contributed by atoms with Gasteiger partial charge in [-0.15, -0.1) is 0 Å². The maximum Gasteiger partial charge on any atom is 0.256 e. The van der Waals surface area contributed by atoms with Crippen molar-refractivity contribution in [2.75, 3.05) is 17.3 Å². The molecule has 5 heteroatoms. The van der Waals surface area contributed by atoms with Crippen molar-refractivity contribution in [2.24, 2.45) is 0 Å². The van der Waals surface area contributed by atoms with Crippen molar-refractivity contribution in [1.82, 2.24) is 4.98 Å². The number of amides is 1. The van der Waals surface area contributed by atoms with Gasteiger partial charge in [0.05, 0.1) is 12.3 Å². The van der Waals surface area contributed by atoms with Gasteiger partial charge in [0.25, 0.3) is 5.91 Å². The lowest BCUT2D eigenvalue weighted by atomic mass is 10.1. The number of ether oxygens (including phenoxy) is 1. The van der Waals surface area contributed by atoms with E-state index in [0.29, 0.717) is 23.6 Å². The second-order valence-electron chi connectivity index (χ2n) is 5.09. The summed E-state index contributed by atoms with van der Waals surface area (Å²) >= 11 is 3.38. The lowest BCUT2D eigenvalue weighted by Crippen LogP contribution is -2.13. The molecule has 1 amide bonds. The highest BCUT2D eigenvalue weighted by Crippen LogP contribution is 2.26. The van der Waals surface area contributed by atoms with E-state index in [9.17, 15) is 4.79 Å². The van der Waals surface area contributed by atoms with Crippen LogP contribution < -0.4 is 10.1 Å². The number of anilines is 1. The first-order valence-electron chi connectivity index (χ1n) is 7.45. The number of H-pyrrole nitrogens is 1. The molecule has 1 heterocycles. The van der Waals surface area contributed by atoms with Gasteiger partial charge in [-0.25, -0.2) is 0 Å². The van der Waals surface area contributed by atoms with Crippen molar-refractivity contribution < 1.29 is 9.53 Å². The van der Waals surface area contributed by atoms with Gasteiger partial charge in [0.1, 0.15) is 5.75 Å². The van der Waals surface area contributed by atoms with E-state index in [2.05, 4.69) is 26.2 Å². The number of nitrogens with one attached hydrogen (secondary N) is 2. The number of alkyl halides is 1. The Morgan fingerprint density at radius 1 is 1.13 bits per heavy atom. The topological polar surface area (TPSA) is 54.1 Å². The molecule has 0 radical (unpaired) electrons. The molecule has 0 aliphatic carbocycles. The summed E-state index contributed by atoms with van der Waals surface area (Å²) in [6, 6.07) is 15.0. The highest BCUT2D eigenvalue weighted by Gasteiger charge is 2.13. The summed E-state index contributed by atoms with van der Waals surface area (Å²) in [5.74, 6) is 0.537. The molecule has 0 aliphatic heterocycles. The molecule has 23 heavy (non-hydrogen) atoms. The summed E-state index contributed by atoms with van der Waals surface area (Å²) in [6.07, 6.45) is 2.74. The number of rotatable bonds is 6. The van der Waals surface area contributed by atoms with Crippen LogP contribution in [0.15, 0.2) is 54.7 Å². The molecule has 2 N–H and O–H groups in total. The fraction of sp³-hybridized carbons (Fsp3) is 0.167. The predicted octanol–water partition coefficient (Wildman–Crippen LogP) is 4.58. The summed E-state index contributed by atoms with van der Waals surface area (Å²) in [6.45, 7) is 0.603. The molecule has 4 nitrogen and oxygen atoms in total. The van der Waals surface area contributed by atoms with Crippen LogP contribution in [0.3, 0.4) is 0 Å². The van der Waals surface area contributed by atoms with E-state index < -0.39 is 0 Å². The van der Waals surface area contributed by atoms with Crippen molar-refractivity contribution >= 4 is 38.4 Å². The van der Waals surface area contributed by atoms with Gasteiger partial charge in [-0.1, -0.05) is 34.1 Å². The number of aromatic amines is 1. The molecular weight excluding hydrogens is 356 g/mol. The van der Waals surface area contributed by atoms with Gasteiger partial charge in [0, 0.05) is 28.0 Å². The molecule has 0 atom stereocenters. The Morgan fingerprint density at radius 2 is 2.00 bits per heavy atom. The highest BCUT2D eigenvalue weighted by molar-refractivity contribution is 9.09. The third-order valence-corrected chi connectivity index (χ3v) is 4.07. The molecule has 2 aromatic carbocycles. The minimum Gasteiger partial charge on any atom is -0.491 e. The Bertz CT molecular complexity index is 813. The average Bonchev–Trinajstić information content (AvgIpc) is 3.05. The largest absolute Gasteiger partial charge is 0.491 e. The fourth-order valence-corrected chi connectivity index (χ4v) is 2.63. The van der Waals surface area contributed by atoms with E-state index >= 15 is 0 Å². The minimum atomic E-state index is -0.147. The summed E-state index contributed by atoms with van der Waals surface area (Å²) < 4.78 is 5.74. The SMILES string of the molecule is O=C(Nc1ccccc1OCCCBr)c1cccc2[nH]ccc12. The lowest BCUT2D eigenvalue weighted by Gasteiger charge is -2.12. The first-order chi connectivity index (χ1) is 11.3. The number of hydrogen-bond acceptors (Lipinski definition) is 2. The zero-order valence-corrected chi connectivity index (χ0v) is 14.1. The number of aromatic nitrogens is 1. The van der Waals surface area contributed by atoms with Crippen LogP contribution in [-0.4, -0.2) is 22.8 Å². The van der Waals surface area contributed by atoms with E-state index in [1.165, 1.54) is 0 Å². The standard InChI is InChI=1S/C18H17BrN2O2/c19-10-4-12-23-17-8-2-1-6-16(17)21-18(22)14-5-3-7-15-13(14)9-11-20-15/h1-3,5-9,11,20H,4,10,12H2,(H,21,22). The normalized spacial score (nSPS) is 10.7. The number of halogens is 1. The van der Waals surface area contributed by atoms with Gasteiger partial charge in [-0.3, -0.25) is 4.79 Å². The van der Waals surface area contributed by atoms with Crippen LogP contribution in [0.4, 0.5) is 5.69 Å². The Kier molecular flexibility index (Phi) is 4.98. The monoisotopic (exact) mass is 372 g/mol. The number of benzene rings is 2. The van der Waals surface area contributed by atoms with E-state index in [0.717, 1.165) is 22.7 Å². The van der Waals surface area contributed by atoms with Crippen LogP contribution in [-0.2, 0) is 0 Å². The lowest BCUT2D eigenvalue weighted by molar-refractivity contribution is 0.102. The van der Waals surface area contributed by atoms with Crippen molar-refractivity contribution in [3.8, 4) is 5.75 Å². The van der Waals surface area contributed by atoms with Crippen LogP contribution in [0.2, 0.25) is 0 Å². The number of hydrogen-bond donors (Lipinski definition) is 2. The van der Waals surface area contributed by atoms with Crippen LogP contribution in [0.5, 0.6) is 5.75 Å². The van der Waals surface area contributed by atoms with Gasteiger partial charge in [0.15, 0.2) is 0 Å². The maximum absolute atomic E-state index is 12.6. The maximum atomic E-state index is 12.6. The first kappa shape index (κ1) is 15.6. The predicted molar refractivity (Wildman–Crippen MR) is 96.6 cm³/mol. The Hall–Kier alpha value is -2.27. The number of fused-ring (bicyclic) bond motifs is 1. The molecule has 3 rings (SSSR count). The molecule has 0 bridgehead atoms. The Balaban J connectivity index is 1.81. The molecule has 3 aromatic rings. The summed E-state index contributed by atoms with van der Waals surface area (Å²) in [7, 11) is 0. The zero-order valence-electron chi connectivity index (χ0n) is 12.5. The second-order valence-corrected chi connectivity index (χ2v) is 5.88. The quantitative estimate of drug-likeness (QED) is 0.491. The molecule has 0 spiro atoms. The zero-order chi connectivity index (χ0) is 16.1. The average molecular weight is 373 g/mol. The fourth-order valence-electron chi connectivity index (χ4n) is 2.41. The number of carbonyl (C=O) groups is 1. The molecule has 0 aliphatic rings. The molecule has 1 aromatic heterocycles. The van der Waals surface area contributed by atoms with Gasteiger partial charge >= 0.3 is 0 Å². The number of para-hydroxylation sites is 2. The molecule has 0 saturated carbocycles. The van der Waals surface area contributed by atoms with E-state index in [-0.39, 0.29) is 5.91 Å². The summed E-state index contributed by atoms with van der Waals surface area (Å²) in [4.78, 5) is 15.7. The third kappa shape index (κ3) is 3.56. The Morgan fingerprint density at radius 3 is 2.87 bits per heavy atom. The van der Waals surface area contributed by atoms with Crippen molar-refractivity contribution in [3.63, 3.8) is 0 Å². The molecule has 0 fully saturated rings. The molecule has 0 unspecified atom stereocenters. The van der Waals surface area contributed by atoms with Crippen LogP contribution in [0.25, 0.3) is 10.9 Å². The van der Waals surface area contributed by atoms with Gasteiger partial charge < -0.3 is 15.0 Å². The van der Waals surface area contributed by atoms with Crippen molar-refractivity contribution in [3.05, 3.63) is 60.3 Å². The van der Waals surface area contributed by atoms with Gasteiger partial charge in [-0.05, 0) is 36.8 Å². The van der Waals surface area contributed by atoms with Crippen LogP contribution in [0.1, 0.15) is 16.8 Å². The van der Waals surface area contributed by atoms with Crippen molar-refractivity contribution in [2.45, 2.75) is 6.42 Å². The molecule has 118 valence electrons. The second kappa shape index (κ2) is 7.33. The first-order valence-corrected chi connectivity index (χ1v) is 8.57. The number of carbonyl (C=O) groups excluding carboxylic acids is 1. The third-order valence-electron chi connectivity index (χ3n) is 3.51. The van der Waals surface area contributed by atoms with E-state index in [1.54, 1.807) is 0 Å². The summed E-state index contributed by atoms with van der Waals surface area (Å²) in [5, 5.41) is 4.74. The van der Waals surface area contributed by atoms with Crippen LogP contribution in [0, 0.1) is 0 Å². The summed E-state index contributed by atoms with van der Waals surface area (Å²) in [5.41, 5.74) is 2.26. The smallest absolute Gasteiger partial charge is 0.256 e. The highest BCUT2D eigenvalue weighted by atomic mass is 79.9. The molecular formula is C18H17BrN2O2. The Labute approximate surface area is 143 Å². The van der Waals surface area contributed by atoms with Gasteiger partial charge in [0.2, 0.25) is 0 Å². The minimum absolute atomic E-state index is 0.147. The van der Waals surface area contributed by atoms with E-state index in [4.69, 9.17) is 4.74 Å². The van der Waals surface area contributed by atoms with Crippen LogP contribution >= 0.6 is 15.9 Å². The van der Waals surface area contributed by atoms with Crippen molar-refractivity contribution in [1.29, 1.82) is 0 Å². The molecule has 0 saturated heterocycles. The van der Waals surface area contributed by atoms with E-state index in [1.807, 2.05) is 54.7 Å². The van der Waals surface area contributed by atoms with Gasteiger partial charge in [-0.2, -0.15) is 0 Å².